The largest absolute Gasteiger partial charge is 0.493 e. The molecule has 1 aliphatic heterocycles. The van der Waals surface area contributed by atoms with Gasteiger partial charge in [-0.15, -0.1) is 11.6 Å². The molecular formula is C15H20BrClO. The van der Waals surface area contributed by atoms with Crippen molar-refractivity contribution in [2.24, 2.45) is 5.41 Å². The zero-order valence-corrected chi connectivity index (χ0v) is 13.4. The fourth-order valence-electron chi connectivity index (χ4n) is 2.62. The van der Waals surface area contributed by atoms with Crippen LogP contribution in [0.5, 0.6) is 5.75 Å². The summed E-state index contributed by atoms with van der Waals surface area (Å²) in [5.74, 6) is 1.82. The molecule has 1 nitrogen and oxygen atoms in total. The molecule has 2 rings (SSSR count). The minimum Gasteiger partial charge on any atom is -0.493 e. The third-order valence-electron chi connectivity index (χ3n) is 4.17. The van der Waals surface area contributed by atoms with Crippen molar-refractivity contribution >= 4 is 27.5 Å². The lowest BCUT2D eigenvalue weighted by atomic mass is 9.78. The minimum atomic E-state index is 0.196. The maximum Gasteiger partial charge on any atom is 0.125 e. The van der Waals surface area contributed by atoms with E-state index in [1.54, 1.807) is 0 Å². The van der Waals surface area contributed by atoms with Gasteiger partial charge >= 0.3 is 0 Å². The first-order valence-electron chi connectivity index (χ1n) is 6.64. The van der Waals surface area contributed by atoms with Crippen molar-refractivity contribution in [2.45, 2.75) is 39.5 Å². The number of rotatable bonds is 5. The third kappa shape index (κ3) is 2.70. The lowest BCUT2D eigenvalue weighted by Crippen LogP contribution is -2.24. The Morgan fingerprint density at radius 3 is 2.67 bits per heavy atom. The summed E-state index contributed by atoms with van der Waals surface area (Å²) in [5.41, 5.74) is 2.83. The molecule has 0 amide bonds. The predicted molar refractivity (Wildman–Crippen MR) is 80.8 cm³/mol. The Morgan fingerprint density at radius 2 is 2.06 bits per heavy atom. The van der Waals surface area contributed by atoms with Crippen LogP contribution in [-0.2, 0) is 12.8 Å². The van der Waals surface area contributed by atoms with Crippen molar-refractivity contribution < 1.29 is 4.74 Å². The second-order valence-electron chi connectivity index (χ2n) is 5.17. The molecule has 0 N–H and O–H groups in total. The van der Waals surface area contributed by atoms with Gasteiger partial charge in [-0.1, -0.05) is 29.8 Å². The number of hydrogen-bond donors (Lipinski definition) is 0. The summed E-state index contributed by atoms with van der Waals surface area (Å²) in [6.07, 6.45) is 4.24. The number of benzene rings is 1. The van der Waals surface area contributed by atoms with Gasteiger partial charge in [0, 0.05) is 16.8 Å². The van der Waals surface area contributed by atoms with Crippen LogP contribution in [0, 0.1) is 5.41 Å². The number of alkyl halides is 1. The molecule has 0 unspecified atom stereocenters. The van der Waals surface area contributed by atoms with Crippen LogP contribution in [0.1, 0.15) is 37.8 Å². The van der Waals surface area contributed by atoms with E-state index in [-0.39, 0.29) is 5.41 Å². The van der Waals surface area contributed by atoms with E-state index in [4.69, 9.17) is 16.3 Å². The second kappa shape index (κ2) is 5.83. The van der Waals surface area contributed by atoms with Gasteiger partial charge in [0.05, 0.1) is 6.61 Å². The summed E-state index contributed by atoms with van der Waals surface area (Å²) in [7, 11) is 0. The summed E-state index contributed by atoms with van der Waals surface area (Å²) >= 11 is 9.81. The van der Waals surface area contributed by atoms with Crippen LogP contribution in [0.15, 0.2) is 16.6 Å². The molecule has 1 aromatic rings. The van der Waals surface area contributed by atoms with Gasteiger partial charge < -0.3 is 4.74 Å². The minimum absolute atomic E-state index is 0.196. The Labute approximate surface area is 123 Å². The molecule has 0 saturated carbocycles. The van der Waals surface area contributed by atoms with Crippen LogP contribution in [0.4, 0.5) is 0 Å². The first kappa shape index (κ1) is 14.2. The van der Waals surface area contributed by atoms with Crippen molar-refractivity contribution in [3.63, 3.8) is 0 Å². The summed E-state index contributed by atoms with van der Waals surface area (Å²) in [6, 6.07) is 4.36. The predicted octanol–water partition coefficient (Wildman–Crippen LogP) is 4.97. The van der Waals surface area contributed by atoms with Gasteiger partial charge in [0.15, 0.2) is 0 Å². The van der Waals surface area contributed by atoms with E-state index >= 15 is 0 Å². The van der Waals surface area contributed by atoms with Crippen LogP contribution in [0.25, 0.3) is 0 Å². The van der Waals surface area contributed by atoms with Crippen molar-refractivity contribution in [3.05, 3.63) is 27.7 Å². The Morgan fingerprint density at radius 1 is 1.33 bits per heavy atom. The quantitative estimate of drug-likeness (QED) is 0.692. The van der Waals surface area contributed by atoms with Crippen LogP contribution >= 0.6 is 27.5 Å². The molecule has 3 heteroatoms. The van der Waals surface area contributed by atoms with Crippen molar-refractivity contribution in [1.29, 1.82) is 0 Å². The van der Waals surface area contributed by atoms with Crippen LogP contribution < -0.4 is 4.74 Å². The Bertz CT molecular complexity index is 418. The van der Waals surface area contributed by atoms with E-state index in [1.807, 2.05) is 0 Å². The molecule has 18 heavy (non-hydrogen) atoms. The first-order valence-corrected chi connectivity index (χ1v) is 7.97. The molecule has 0 atom stereocenters. The van der Waals surface area contributed by atoms with E-state index < -0.39 is 0 Å². The number of ether oxygens (including phenoxy) is 1. The lowest BCUT2D eigenvalue weighted by Gasteiger charge is -2.30. The van der Waals surface area contributed by atoms with Gasteiger partial charge in [0.1, 0.15) is 5.75 Å². The lowest BCUT2D eigenvalue weighted by molar-refractivity contribution is 0.292. The molecule has 0 aliphatic carbocycles. The molecular weight excluding hydrogens is 312 g/mol. The maximum atomic E-state index is 6.21. The monoisotopic (exact) mass is 330 g/mol. The Hall–Kier alpha value is -0.210. The summed E-state index contributed by atoms with van der Waals surface area (Å²) in [6.45, 7) is 5.26. The average molecular weight is 332 g/mol. The number of fused-ring (bicyclic) bond motifs is 1. The summed E-state index contributed by atoms with van der Waals surface area (Å²) < 4.78 is 6.95. The van der Waals surface area contributed by atoms with E-state index in [0.29, 0.717) is 5.88 Å². The van der Waals surface area contributed by atoms with Gasteiger partial charge in [-0.3, -0.25) is 0 Å². The van der Waals surface area contributed by atoms with Crippen molar-refractivity contribution in [1.82, 2.24) is 0 Å². The summed E-state index contributed by atoms with van der Waals surface area (Å²) in [4.78, 5) is 0. The third-order valence-corrected chi connectivity index (χ3v) is 5.20. The van der Waals surface area contributed by atoms with Crippen molar-refractivity contribution in [2.75, 3.05) is 12.5 Å². The number of halogens is 2. The van der Waals surface area contributed by atoms with E-state index in [2.05, 4.69) is 41.9 Å². The standard InChI is InChI=1S/C15H20BrClO/c1-3-15(4-2,10-17)9-12-8-13(16)7-11-5-6-18-14(11)12/h7-8H,3-6,9-10H2,1-2H3. The van der Waals surface area contributed by atoms with Gasteiger partial charge in [-0.25, -0.2) is 0 Å². The van der Waals surface area contributed by atoms with Crippen LogP contribution in [-0.4, -0.2) is 12.5 Å². The molecule has 1 heterocycles. The molecule has 0 saturated heterocycles. The zero-order valence-electron chi connectivity index (χ0n) is 11.1. The molecule has 1 aliphatic rings. The first-order chi connectivity index (χ1) is 8.64. The molecule has 0 aromatic heterocycles. The molecule has 100 valence electrons. The van der Waals surface area contributed by atoms with Gasteiger partial charge in [0.2, 0.25) is 0 Å². The molecule has 0 fully saturated rings. The summed E-state index contributed by atoms with van der Waals surface area (Å²) in [5, 5.41) is 0. The fraction of sp³-hybridized carbons (Fsp3) is 0.600. The highest BCUT2D eigenvalue weighted by Gasteiger charge is 2.28. The van der Waals surface area contributed by atoms with Crippen molar-refractivity contribution in [3.8, 4) is 5.75 Å². The number of hydrogen-bond acceptors (Lipinski definition) is 1. The topological polar surface area (TPSA) is 9.23 Å². The highest BCUT2D eigenvalue weighted by molar-refractivity contribution is 9.10. The fourth-order valence-corrected chi connectivity index (χ4v) is 3.64. The molecule has 0 bridgehead atoms. The van der Waals surface area contributed by atoms with E-state index in [9.17, 15) is 0 Å². The van der Waals surface area contributed by atoms with Gasteiger partial charge in [-0.2, -0.15) is 0 Å². The highest BCUT2D eigenvalue weighted by atomic mass is 79.9. The Balaban J connectivity index is 2.34. The second-order valence-corrected chi connectivity index (χ2v) is 6.35. The normalized spacial score (nSPS) is 14.4. The molecule has 1 aromatic carbocycles. The molecule has 0 radical (unpaired) electrons. The van der Waals surface area contributed by atoms with E-state index in [0.717, 1.165) is 42.5 Å². The average Bonchev–Trinajstić information content (AvgIpc) is 2.84. The molecule has 0 spiro atoms. The maximum absolute atomic E-state index is 6.21. The van der Waals surface area contributed by atoms with E-state index in [1.165, 1.54) is 11.1 Å². The Kier molecular flexibility index (Phi) is 4.60. The van der Waals surface area contributed by atoms with Crippen LogP contribution in [0.2, 0.25) is 0 Å². The zero-order chi connectivity index (χ0) is 13.2. The van der Waals surface area contributed by atoms with Crippen LogP contribution in [0.3, 0.4) is 0 Å². The highest BCUT2D eigenvalue weighted by Crippen LogP contribution is 2.39. The van der Waals surface area contributed by atoms with Gasteiger partial charge in [-0.05, 0) is 47.9 Å². The smallest absolute Gasteiger partial charge is 0.125 e. The van der Waals surface area contributed by atoms with Gasteiger partial charge in [0.25, 0.3) is 0 Å². The SMILES string of the molecule is CCC(CC)(CCl)Cc1cc(Br)cc2c1OCC2.